The van der Waals surface area contributed by atoms with Crippen LogP contribution in [0.2, 0.25) is 19.6 Å². The molecule has 0 atom stereocenters. The van der Waals surface area contributed by atoms with Gasteiger partial charge in [-0.25, -0.2) is 0 Å². The molecule has 84 valence electrons. The van der Waals surface area contributed by atoms with Crippen LogP contribution < -0.4 is 0 Å². The van der Waals surface area contributed by atoms with Gasteiger partial charge in [-0.3, -0.25) is 0 Å². The van der Waals surface area contributed by atoms with Crippen LogP contribution in [0.15, 0.2) is 0 Å². The fraction of sp³-hybridized carbons (Fsp3) is 0.909. The van der Waals surface area contributed by atoms with Gasteiger partial charge in [0.1, 0.15) is 0 Å². The zero-order valence-electron chi connectivity index (χ0n) is 10.9. The molecule has 0 saturated heterocycles. The lowest BCUT2D eigenvalue weighted by atomic mass is 10.2. The third kappa shape index (κ3) is 7.72. The third-order valence-corrected chi connectivity index (χ3v) is 3.85. The minimum absolute atomic E-state index is 0.305. The molecule has 0 saturated carbocycles. The van der Waals surface area contributed by atoms with Crippen molar-refractivity contribution in [2.24, 2.45) is 5.92 Å². The summed E-state index contributed by atoms with van der Waals surface area (Å²) in [6.07, 6.45) is 0. The van der Waals surface area contributed by atoms with Gasteiger partial charge in [-0.1, -0.05) is 42.8 Å². The second-order valence-electron chi connectivity index (χ2n) is 5.99. The Balaban J connectivity index is 4.71. The van der Waals surface area contributed by atoms with E-state index in [1.807, 2.05) is 0 Å². The molecule has 0 amide bonds. The van der Waals surface area contributed by atoms with Crippen LogP contribution in [-0.4, -0.2) is 19.0 Å². The SMILES string of the molecule is CC(C)C(O[Si](C)(C)C)=PC(C)(C)C. The Bertz CT molecular complexity index is 208. The van der Waals surface area contributed by atoms with Gasteiger partial charge in [-0.2, -0.15) is 0 Å². The molecule has 0 spiro atoms. The molecule has 0 aliphatic rings. The van der Waals surface area contributed by atoms with E-state index in [2.05, 4.69) is 54.3 Å². The van der Waals surface area contributed by atoms with Gasteiger partial charge in [-0.15, -0.1) is 0 Å². The molecule has 0 aromatic heterocycles. The van der Waals surface area contributed by atoms with Crippen LogP contribution in [0.25, 0.3) is 0 Å². The summed E-state index contributed by atoms with van der Waals surface area (Å²) in [7, 11) is -0.0859. The van der Waals surface area contributed by atoms with E-state index >= 15 is 0 Å². The van der Waals surface area contributed by atoms with Crippen molar-refractivity contribution in [3.05, 3.63) is 0 Å². The van der Waals surface area contributed by atoms with E-state index < -0.39 is 8.32 Å². The Morgan fingerprint density at radius 3 is 1.79 bits per heavy atom. The first-order valence-electron chi connectivity index (χ1n) is 5.30. The van der Waals surface area contributed by atoms with Crippen molar-refractivity contribution in [2.75, 3.05) is 0 Å². The molecule has 0 radical (unpaired) electrons. The molecule has 1 nitrogen and oxygen atoms in total. The van der Waals surface area contributed by atoms with Crippen LogP contribution in [-0.2, 0) is 4.43 Å². The Labute approximate surface area is 92.2 Å². The topological polar surface area (TPSA) is 9.23 Å². The Morgan fingerprint density at radius 1 is 1.14 bits per heavy atom. The fourth-order valence-corrected chi connectivity index (χ4v) is 3.70. The summed E-state index contributed by atoms with van der Waals surface area (Å²) in [5, 5.41) is 0.305. The van der Waals surface area contributed by atoms with Gasteiger partial charge in [0.15, 0.2) is 8.32 Å². The van der Waals surface area contributed by atoms with Gasteiger partial charge >= 0.3 is 0 Å². The summed E-state index contributed by atoms with van der Waals surface area (Å²) in [6.45, 7) is 17.9. The zero-order chi connectivity index (χ0) is 11.6. The van der Waals surface area contributed by atoms with Gasteiger partial charge in [0.25, 0.3) is 0 Å². The lowest BCUT2D eigenvalue weighted by molar-refractivity contribution is 0.521. The van der Waals surface area contributed by atoms with Gasteiger partial charge in [0.05, 0.1) is 5.48 Å². The van der Waals surface area contributed by atoms with E-state index in [4.69, 9.17) is 4.43 Å². The molecule has 0 fully saturated rings. The van der Waals surface area contributed by atoms with E-state index in [1.54, 1.807) is 0 Å². The molecule has 3 heteroatoms. The normalized spacial score (nSPS) is 15.1. The molecular weight excluding hydrogens is 207 g/mol. The first-order chi connectivity index (χ1) is 6.01. The summed E-state index contributed by atoms with van der Waals surface area (Å²) in [6, 6.07) is 0. The van der Waals surface area contributed by atoms with Crippen molar-refractivity contribution >= 4 is 22.0 Å². The smallest absolute Gasteiger partial charge is 0.191 e. The van der Waals surface area contributed by atoms with E-state index in [0.717, 1.165) is 0 Å². The first-order valence-corrected chi connectivity index (χ1v) is 9.60. The van der Waals surface area contributed by atoms with Gasteiger partial charge in [-0.05, 0) is 19.6 Å². The third-order valence-electron chi connectivity index (χ3n) is 1.35. The van der Waals surface area contributed by atoms with E-state index in [1.165, 1.54) is 13.7 Å². The number of rotatable bonds is 3. The van der Waals surface area contributed by atoms with Crippen LogP contribution >= 0.6 is 8.20 Å². The second kappa shape index (κ2) is 4.91. The van der Waals surface area contributed by atoms with Crippen molar-refractivity contribution in [1.82, 2.24) is 0 Å². The lowest BCUT2D eigenvalue weighted by Crippen LogP contribution is -2.31. The summed E-state index contributed by atoms with van der Waals surface area (Å²) in [5.41, 5.74) is 1.26. The second-order valence-corrected chi connectivity index (χ2v) is 12.4. The standard InChI is InChI=1S/C11H25OPSi/c1-9(2)10(12-14(6,7)8)13-11(3,4)5/h9H,1-8H3. The summed E-state index contributed by atoms with van der Waals surface area (Å²) < 4.78 is 6.12. The highest BCUT2D eigenvalue weighted by Gasteiger charge is 2.21. The quantitative estimate of drug-likeness (QED) is 0.518. The maximum atomic E-state index is 6.12. The molecule has 14 heavy (non-hydrogen) atoms. The van der Waals surface area contributed by atoms with Crippen molar-refractivity contribution in [2.45, 2.75) is 59.4 Å². The molecule has 0 heterocycles. The average molecular weight is 232 g/mol. The highest BCUT2D eigenvalue weighted by molar-refractivity contribution is 7.42. The van der Waals surface area contributed by atoms with Crippen LogP contribution in [0.1, 0.15) is 34.6 Å². The monoisotopic (exact) mass is 232 g/mol. The Hall–Kier alpha value is 0.347. The lowest BCUT2D eigenvalue weighted by Gasteiger charge is -2.24. The first kappa shape index (κ1) is 14.3. The molecule has 0 N–H and O–H groups in total. The van der Waals surface area contributed by atoms with Crippen molar-refractivity contribution in [3.8, 4) is 0 Å². The fourth-order valence-electron chi connectivity index (χ4n) is 0.914. The van der Waals surface area contributed by atoms with Gasteiger partial charge < -0.3 is 4.43 Å². The van der Waals surface area contributed by atoms with Crippen LogP contribution in [0.3, 0.4) is 0 Å². The van der Waals surface area contributed by atoms with E-state index in [-0.39, 0.29) is 0 Å². The van der Waals surface area contributed by atoms with Crippen LogP contribution in [0.4, 0.5) is 0 Å². The van der Waals surface area contributed by atoms with Crippen molar-refractivity contribution in [1.29, 1.82) is 0 Å². The maximum Gasteiger partial charge on any atom is 0.191 e. The molecule has 0 aromatic carbocycles. The largest absolute Gasteiger partial charge is 0.385 e. The predicted molar refractivity (Wildman–Crippen MR) is 70.9 cm³/mol. The average Bonchev–Trinajstić information content (AvgIpc) is 1.78. The van der Waals surface area contributed by atoms with Crippen molar-refractivity contribution in [3.63, 3.8) is 0 Å². The highest BCUT2D eigenvalue weighted by atomic mass is 31.1. The predicted octanol–water partition coefficient (Wildman–Crippen LogP) is 4.37. The van der Waals surface area contributed by atoms with Crippen LogP contribution in [0, 0.1) is 5.92 Å². The number of hydrogen-bond acceptors (Lipinski definition) is 1. The minimum atomic E-state index is -1.43. The van der Waals surface area contributed by atoms with Crippen LogP contribution in [0.5, 0.6) is 0 Å². The van der Waals surface area contributed by atoms with Gasteiger partial charge in [0, 0.05) is 11.1 Å². The summed E-state index contributed by atoms with van der Waals surface area (Å²) in [4.78, 5) is 0. The molecule has 0 rings (SSSR count). The molecule has 0 aliphatic carbocycles. The summed E-state index contributed by atoms with van der Waals surface area (Å²) in [5.74, 6) is 0.530. The number of hydrogen-bond donors (Lipinski definition) is 0. The minimum Gasteiger partial charge on any atom is -0.385 e. The molecule has 0 aromatic rings. The van der Waals surface area contributed by atoms with Crippen molar-refractivity contribution < 1.29 is 4.43 Å². The van der Waals surface area contributed by atoms with E-state index in [0.29, 0.717) is 11.1 Å². The molecule has 0 aliphatic heterocycles. The zero-order valence-corrected chi connectivity index (χ0v) is 12.8. The molecular formula is C11H25OPSi. The molecule has 0 unspecified atom stereocenters. The Morgan fingerprint density at radius 2 is 1.57 bits per heavy atom. The Kier molecular flexibility index (Phi) is 5.04. The summed E-state index contributed by atoms with van der Waals surface area (Å²) >= 11 is 0. The van der Waals surface area contributed by atoms with E-state index in [9.17, 15) is 0 Å². The maximum absolute atomic E-state index is 6.12. The highest BCUT2D eigenvalue weighted by Crippen LogP contribution is 2.27. The van der Waals surface area contributed by atoms with Gasteiger partial charge in [0.2, 0.25) is 0 Å². The molecule has 0 bridgehead atoms.